The first-order chi connectivity index (χ1) is 12.1. The van der Waals surface area contributed by atoms with Crippen LogP contribution >= 0.6 is 0 Å². The van der Waals surface area contributed by atoms with Crippen molar-refractivity contribution in [2.45, 2.75) is 32.9 Å². The molecule has 1 aromatic carbocycles. The predicted molar refractivity (Wildman–Crippen MR) is 102 cm³/mol. The normalized spacial score (nSPS) is 12.9. The van der Waals surface area contributed by atoms with Crippen LogP contribution in [0.1, 0.15) is 29.5 Å². The molecule has 0 radical (unpaired) electrons. The summed E-state index contributed by atoms with van der Waals surface area (Å²) in [6.45, 7) is 6.50. The molecule has 0 saturated carbocycles. The Morgan fingerprint density at radius 3 is 2.60 bits per heavy atom. The molecule has 1 atom stereocenters. The highest BCUT2D eigenvalue weighted by atomic mass is 16.5. The van der Waals surface area contributed by atoms with Gasteiger partial charge in [-0.25, -0.2) is 0 Å². The van der Waals surface area contributed by atoms with Gasteiger partial charge in [-0.05, 0) is 31.9 Å². The maximum Gasteiger partial charge on any atom is 0.191 e. The molecule has 0 aliphatic carbocycles. The van der Waals surface area contributed by atoms with Crippen LogP contribution in [0, 0.1) is 13.8 Å². The molecule has 0 fully saturated rings. The largest absolute Gasteiger partial charge is 0.375 e. The summed E-state index contributed by atoms with van der Waals surface area (Å²) in [5, 5.41) is 11.1. The highest BCUT2D eigenvalue weighted by molar-refractivity contribution is 5.79. The van der Waals surface area contributed by atoms with Gasteiger partial charge in [-0.15, -0.1) is 0 Å². The lowest BCUT2D eigenvalue weighted by atomic mass is 10.1. The summed E-state index contributed by atoms with van der Waals surface area (Å²) in [5.74, 6) is 0.784. The molecule has 6 nitrogen and oxygen atoms in total. The van der Waals surface area contributed by atoms with Crippen molar-refractivity contribution in [1.82, 2.24) is 20.4 Å². The van der Waals surface area contributed by atoms with Gasteiger partial charge in [-0.1, -0.05) is 30.3 Å². The minimum absolute atomic E-state index is 0.00514. The Labute approximate surface area is 150 Å². The molecular weight excluding hydrogens is 314 g/mol. The summed E-state index contributed by atoms with van der Waals surface area (Å²) in [4.78, 5) is 4.27. The number of rotatable bonds is 8. The lowest BCUT2D eigenvalue weighted by Crippen LogP contribution is -2.40. The first-order valence-electron chi connectivity index (χ1n) is 8.67. The minimum Gasteiger partial charge on any atom is -0.375 e. The number of nitrogens with zero attached hydrogens (tertiary/aromatic N) is 3. The number of nitrogens with one attached hydrogen (secondary N) is 2. The Morgan fingerprint density at radius 2 is 2.00 bits per heavy atom. The SMILES string of the molecule is CN=C(NCCCn1nc(C)cc1C)NCC(OC)c1ccccc1. The van der Waals surface area contributed by atoms with Gasteiger partial charge in [0.1, 0.15) is 0 Å². The van der Waals surface area contributed by atoms with Gasteiger partial charge < -0.3 is 15.4 Å². The molecule has 2 aromatic rings. The first kappa shape index (κ1) is 19.0. The number of methoxy groups -OCH3 is 1. The first-order valence-corrected chi connectivity index (χ1v) is 8.67. The Morgan fingerprint density at radius 1 is 1.24 bits per heavy atom. The van der Waals surface area contributed by atoms with Crippen LogP contribution in [-0.4, -0.2) is 43.0 Å². The van der Waals surface area contributed by atoms with Gasteiger partial charge in [0.2, 0.25) is 0 Å². The van der Waals surface area contributed by atoms with Crippen LogP contribution in [-0.2, 0) is 11.3 Å². The number of guanidine groups is 1. The van der Waals surface area contributed by atoms with Crippen LogP contribution in [0.2, 0.25) is 0 Å². The van der Waals surface area contributed by atoms with E-state index in [1.807, 2.05) is 29.8 Å². The fraction of sp³-hybridized carbons (Fsp3) is 0.474. The van der Waals surface area contributed by atoms with E-state index in [9.17, 15) is 0 Å². The summed E-state index contributed by atoms with van der Waals surface area (Å²) in [6.07, 6.45) is 0.976. The van der Waals surface area contributed by atoms with Crippen LogP contribution in [0.3, 0.4) is 0 Å². The second kappa shape index (κ2) is 9.84. The molecular formula is C19H29N5O. The fourth-order valence-electron chi connectivity index (χ4n) is 2.75. The molecule has 1 aromatic heterocycles. The van der Waals surface area contributed by atoms with Crippen LogP contribution in [0.25, 0.3) is 0 Å². The number of benzene rings is 1. The summed E-state index contributed by atoms with van der Waals surface area (Å²) >= 11 is 0. The Hall–Kier alpha value is -2.34. The lowest BCUT2D eigenvalue weighted by molar-refractivity contribution is 0.106. The van der Waals surface area contributed by atoms with Gasteiger partial charge in [-0.2, -0.15) is 5.10 Å². The van der Waals surface area contributed by atoms with Gasteiger partial charge in [-0.3, -0.25) is 9.67 Å². The zero-order valence-corrected chi connectivity index (χ0v) is 15.6. The number of aryl methyl sites for hydroxylation is 3. The van der Waals surface area contributed by atoms with E-state index in [4.69, 9.17) is 4.74 Å². The number of hydrogen-bond donors (Lipinski definition) is 2. The van der Waals surface area contributed by atoms with Crippen LogP contribution in [0.4, 0.5) is 0 Å². The topological polar surface area (TPSA) is 63.5 Å². The van der Waals surface area contributed by atoms with E-state index in [0.29, 0.717) is 6.54 Å². The number of aromatic nitrogens is 2. The van der Waals surface area contributed by atoms with Gasteiger partial charge in [0.15, 0.2) is 5.96 Å². The quantitative estimate of drug-likeness (QED) is 0.439. The molecule has 136 valence electrons. The monoisotopic (exact) mass is 343 g/mol. The maximum absolute atomic E-state index is 5.57. The molecule has 2 N–H and O–H groups in total. The molecule has 0 amide bonds. The average molecular weight is 343 g/mol. The molecule has 0 spiro atoms. The van der Waals surface area contributed by atoms with Crippen molar-refractivity contribution in [3.8, 4) is 0 Å². The van der Waals surface area contributed by atoms with E-state index >= 15 is 0 Å². The van der Waals surface area contributed by atoms with Crippen molar-refractivity contribution >= 4 is 5.96 Å². The summed E-state index contributed by atoms with van der Waals surface area (Å²) in [6, 6.07) is 12.3. The smallest absolute Gasteiger partial charge is 0.191 e. The summed E-state index contributed by atoms with van der Waals surface area (Å²) in [5.41, 5.74) is 3.41. The maximum atomic E-state index is 5.57. The fourth-order valence-corrected chi connectivity index (χ4v) is 2.75. The van der Waals surface area contributed by atoms with E-state index in [0.717, 1.165) is 36.7 Å². The van der Waals surface area contributed by atoms with Gasteiger partial charge in [0, 0.05) is 39.5 Å². The van der Waals surface area contributed by atoms with Crippen LogP contribution < -0.4 is 10.6 Å². The molecule has 0 aliphatic heterocycles. The second-order valence-corrected chi connectivity index (χ2v) is 6.02. The standard InChI is InChI=1S/C19H29N5O/c1-15-13-16(2)24(23-15)12-8-11-21-19(20-3)22-14-18(25-4)17-9-6-5-7-10-17/h5-7,9-10,13,18H,8,11-12,14H2,1-4H3,(H2,20,21,22). The van der Waals surface area contributed by atoms with E-state index < -0.39 is 0 Å². The van der Waals surface area contributed by atoms with Crippen LogP contribution in [0.5, 0.6) is 0 Å². The van der Waals surface area contributed by atoms with Gasteiger partial charge in [0.05, 0.1) is 11.8 Å². The molecule has 1 heterocycles. The molecule has 0 saturated heterocycles. The molecule has 1 unspecified atom stereocenters. The second-order valence-electron chi connectivity index (χ2n) is 6.02. The minimum atomic E-state index is -0.00514. The van der Waals surface area contributed by atoms with E-state index in [1.54, 1.807) is 14.2 Å². The highest BCUT2D eigenvalue weighted by Gasteiger charge is 2.10. The highest BCUT2D eigenvalue weighted by Crippen LogP contribution is 2.14. The number of hydrogen-bond acceptors (Lipinski definition) is 3. The zero-order valence-electron chi connectivity index (χ0n) is 15.6. The van der Waals surface area contributed by atoms with Crippen molar-refractivity contribution < 1.29 is 4.74 Å². The van der Waals surface area contributed by atoms with E-state index in [2.05, 4.69) is 45.8 Å². The average Bonchev–Trinajstić information content (AvgIpc) is 2.95. The Kier molecular flexibility index (Phi) is 7.47. The lowest BCUT2D eigenvalue weighted by Gasteiger charge is -2.18. The van der Waals surface area contributed by atoms with Crippen LogP contribution in [0.15, 0.2) is 41.4 Å². The summed E-state index contributed by atoms with van der Waals surface area (Å²) in [7, 11) is 3.50. The summed E-state index contributed by atoms with van der Waals surface area (Å²) < 4.78 is 7.62. The van der Waals surface area contributed by atoms with Crippen molar-refractivity contribution in [2.75, 3.05) is 27.2 Å². The van der Waals surface area contributed by atoms with Gasteiger partial charge >= 0.3 is 0 Å². The van der Waals surface area contributed by atoms with E-state index in [1.165, 1.54) is 5.69 Å². The molecule has 6 heteroatoms. The molecule has 2 rings (SSSR count). The zero-order chi connectivity index (χ0) is 18.1. The van der Waals surface area contributed by atoms with Crippen molar-refractivity contribution in [1.29, 1.82) is 0 Å². The third kappa shape index (κ3) is 5.90. The van der Waals surface area contributed by atoms with E-state index in [-0.39, 0.29) is 6.10 Å². The number of aliphatic imine (C=N–C) groups is 1. The molecule has 25 heavy (non-hydrogen) atoms. The molecule has 0 bridgehead atoms. The van der Waals surface area contributed by atoms with Crippen molar-refractivity contribution in [3.05, 3.63) is 53.3 Å². The third-order valence-corrected chi connectivity index (χ3v) is 4.08. The Balaban J connectivity index is 1.74. The van der Waals surface area contributed by atoms with Gasteiger partial charge in [0.25, 0.3) is 0 Å². The Bertz CT molecular complexity index is 666. The predicted octanol–water partition coefficient (Wildman–Crippen LogP) is 2.44. The number of ether oxygens (including phenoxy) is 1. The van der Waals surface area contributed by atoms with Crippen molar-refractivity contribution in [2.24, 2.45) is 4.99 Å². The molecule has 0 aliphatic rings. The third-order valence-electron chi connectivity index (χ3n) is 4.08. The van der Waals surface area contributed by atoms with Crippen molar-refractivity contribution in [3.63, 3.8) is 0 Å².